The second-order valence-corrected chi connectivity index (χ2v) is 6.66. The number of nitrogens with one attached hydrogen (secondary N) is 2. The summed E-state index contributed by atoms with van der Waals surface area (Å²) in [5, 5.41) is 0. The summed E-state index contributed by atoms with van der Waals surface area (Å²) in [7, 11) is -4.04. The molecule has 7 nitrogen and oxygen atoms in total. The highest BCUT2D eigenvalue weighted by molar-refractivity contribution is 7.89. The first-order valence-electron chi connectivity index (χ1n) is 7.08. The Morgan fingerprint density at radius 1 is 1.12 bits per heavy atom. The summed E-state index contributed by atoms with van der Waals surface area (Å²) in [5.74, 6) is -1.23. The molecule has 0 aliphatic carbocycles. The molecule has 0 bridgehead atoms. The van der Waals surface area contributed by atoms with Gasteiger partial charge in [0.1, 0.15) is 11.6 Å². The van der Waals surface area contributed by atoms with E-state index in [1.807, 2.05) is 10.3 Å². The molecule has 2 aromatic carbocycles. The van der Waals surface area contributed by atoms with Crippen LogP contribution in [0.2, 0.25) is 0 Å². The van der Waals surface area contributed by atoms with Crippen LogP contribution in [-0.4, -0.2) is 26.7 Å². The molecular weight excluding hydrogens is 351 g/mol. The monoisotopic (exact) mass is 366 g/mol. The van der Waals surface area contributed by atoms with Crippen molar-refractivity contribution < 1.29 is 27.1 Å². The zero-order valence-electron chi connectivity index (χ0n) is 13.2. The maximum absolute atomic E-state index is 12.7. The Balaban J connectivity index is 1.92. The number of rotatable bonds is 7. The van der Waals surface area contributed by atoms with Crippen molar-refractivity contribution in [1.82, 2.24) is 10.3 Å². The second-order valence-electron chi connectivity index (χ2n) is 4.98. The van der Waals surface area contributed by atoms with Crippen LogP contribution in [0.5, 0.6) is 5.75 Å². The van der Waals surface area contributed by atoms with Crippen LogP contribution in [-0.2, 0) is 14.8 Å². The Kier molecular flexibility index (Phi) is 5.84. The number of amides is 1. The highest BCUT2D eigenvalue weighted by atomic mass is 32.2. The van der Waals surface area contributed by atoms with Crippen molar-refractivity contribution >= 4 is 21.7 Å². The molecule has 0 atom stereocenters. The van der Waals surface area contributed by atoms with E-state index in [1.54, 1.807) is 0 Å². The van der Waals surface area contributed by atoms with Gasteiger partial charge in [-0.05, 0) is 43.3 Å². The van der Waals surface area contributed by atoms with Crippen molar-refractivity contribution in [1.29, 1.82) is 0 Å². The highest BCUT2D eigenvalue weighted by Crippen LogP contribution is 2.12. The van der Waals surface area contributed by atoms with Gasteiger partial charge in [0.05, 0.1) is 4.90 Å². The van der Waals surface area contributed by atoms with Crippen LogP contribution < -0.4 is 15.0 Å². The number of ether oxygens (including phenoxy) is 1. The summed E-state index contributed by atoms with van der Waals surface area (Å²) in [5.41, 5.74) is 2.22. The van der Waals surface area contributed by atoms with Gasteiger partial charge in [-0.25, -0.2) is 12.8 Å². The SMILES string of the molecule is CC(=O)c1cccc(S(=O)(=O)NNC(=O)COc2ccc(F)cc2)c1. The first-order valence-corrected chi connectivity index (χ1v) is 8.56. The highest BCUT2D eigenvalue weighted by Gasteiger charge is 2.16. The van der Waals surface area contributed by atoms with Crippen LogP contribution >= 0.6 is 0 Å². The summed E-state index contributed by atoms with van der Waals surface area (Å²) >= 11 is 0. The maximum Gasteiger partial charge on any atom is 0.272 e. The molecule has 0 heterocycles. The fraction of sp³-hybridized carbons (Fsp3) is 0.125. The standard InChI is InChI=1S/C16H15FN2O5S/c1-11(20)12-3-2-4-15(9-12)25(22,23)19-18-16(21)10-24-14-7-5-13(17)6-8-14/h2-9,19H,10H2,1H3,(H,18,21). The van der Waals surface area contributed by atoms with E-state index in [0.29, 0.717) is 0 Å². The topological polar surface area (TPSA) is 102 Å². The summed E-state index contributed by atoms with van der Waals surface area (Å²) in [6.45, 7) is 0.843. The van der Waals surface area contributed by atoms with Crippen LogP contribution in [0.25, 0.3) is 0 Å². The minimum absolute atomic E-state index is 0.167. The molecule has 2 aromatic rings. The third-order valence-electron chi connectivity index (χ3n) is 3.06. The Bertz CT molecular complexity index is 882. The van der Waals surface area contributed by atoms with Crippen LogP contribution in [0, 0.1) is 5.82 Å². The number of ketones is 1. The Morgan fingerprint density at radius 3 is 2.44 bits per heavy atom. The molecule has 25 heavy (non-hydrogen) atoms. The molecule has 132 valence electrons. The molecule has 9 heteroatoms. The summed E-state index contributed by atoms with van der Waals surface area (Å²) < 4.78 is 42.0. The number of hydrazine groups is 1. The molecule has 0 saturated carbocycles. The average molecular weight is 366 g/mol. The lowest BCUT2D eigenvalue weighted by molar-refractivity contribution is -0.123. The zero-order valence-corrected chi connectivity index (χ0v) is 14.0. The van der Waals surface area contributed by atoms with Gasteiger partial charge in [0, 0.05) is 5.56 Å². The van der Waals surface area contributed by atoms with E-state index in [1.165, 1.54) is 43.3 Å². The number of carbonyl (C=O) groups is 2. The van der Waals surface area contributed by atoms with E-state index in [0.717, 1.165) is 12.1 Å². The number of hydrogen-bond donors (Lipinski definition) is 2. The van der Waals surface area contributed by atoms with Crippen LogP contribution in [0.1, 0.15) is 17.3 Å². The second kappa shape index (κ2) is 7.86. The van der Waals surface area contributed by atoms with Crippen LogP contribution in [0.3, 0.4) is 0 Å². The zero-order chi connectivity index (χ0) is 18.4. The van der Waals surface area contributed by atoms with Crippen molar-refractivity contribution in [2.24, 2.45) is 0 Å². The lowest BCUT2D eigenvalue weighted by Crippen LogP contribution is -2.43. The molecule has 0 fully saturated rings. The number of halogens is 1. The number of carbonyl (C=O) groups excluding carboxylic acids is 2. The molecule has 0 radical (unpaired) electrons. The number of sulfonamides is 1. The lowest BCUT2D eigenvalue weighted by atomic mass is 10.2. The molecule has 0 saturated heterocycles. The van der Waals surface area contributed by atoms with E-state index < -0.39 is 28.4 Å². The fourth-order valence-corrected chi connectivity index (χ4v) is 2.69. The van der Waals surface area contributed by atoms with Gasteiger partial charge in [-0.2, -0.15) is 0 Å². The predicted octanol–water partition coefficient (Wildman–Crippen LogP) is 1.42. The van der Waals surface area contributed by atoms with E-state index in [9.17, 15) is 22.4 Å². The lowest BCUT2D eigenvalue weighted by Gasteiger charge is -2.10. The van der Waals surface area contributed by atoms with Crippen LogP contribution in [0.15, 0.2) is 53.4 Å². The van der Waals surface area contributed by atoms with Crippen molar-refractivity contribution in [3.05, 3.63) is 59.9 Å². The van der Waals surface area contributed by atoms with Crippen molar-refractivity contribution in [2.45, 2.75) is 11.8 Å². The molecule has 2 rings (SSSR count). The summed E-state index contributed by atoms with van der Waals surface area (Å²) in [4.78, 5) is 24.7. The van der Waals surface area contributed by atoms with E-state index in [-0.39, 0.29) is 22.0 Å². The molecule has 1 amide bonds. The van der Waals surface area contributed by atoms with E-state index in [2.05, 4.69) is 0 Å². The fourth-order valence-electron chi connectivity index (χ4n) is 1.78. The quantitative estimate of drug-likeness (QED) is 0.570. The number of Topliss-reactive ketones (excluding diaryl/α,β-unsaturated/α-hetero) is 1. The molecule has 0 aliphatic rings. The normalized spacial score (nSPS) is 11.0. The van der Waals surface area contributed by atoms with E-state index in [4.69, 9.17) is 4.74 Å². The van der Waals surface area contributed by atoms with Crippen LogP contribution in [0.4, 0.5) is 4.39 Å². The van der Waals surface area contributed by atoms with Gasteiger partial charge in [-0.3, -0.25) is 15.0 Å². The molecular formula is C16H15FN2O5S. The minimum atomic E-state index is -4.04. The van der Waals surface area contributed by atoms with Gasteiger partial charge in [0.2, 0.25) is 0 Å². The maximum atomic E-state index is 12.7. The predicted molar refractivity (Wildman–Crippen MR) is 86.8 cm³/mol. The third-order valence-corrected chi connectivity index (χ3v) is 4.30. The van der Waals surface area contributed by atoms with Gasteiger partial charge in [0.25, 0.3) is 15.9 Å². The minimum Gasteiger partial charge on any atom is -0.484 e. The summed E-state index contributed by atoms with van der Waals surface area (Å²) in [6.07, 6.45) is 0. The first kappa shape index (κ1) is 18.6. The van der Waals surface area contributed by atoms with Crippen molar-refractivity contribution in [3.63, 3.8) is 0 Å². The number of hydrogen-bond acceptors (Lipinski definition) is 5. The molecule has 0 aliphatic heterocycles. The molecule has 0 aromatic heterocycles. The Labute approximate surface area is 143 Å². The Morgan fingerprint density at radius 2 is 1.80 bits per heavy atom. The third kappa shape index (κ3) is 5.37. The van der Waals surface area contributed by atoms with Gasteiger partial charge >= 0.3 is 0 Å². The molecule has 2 N–H and O–H groups in total. The molecule has 0 unspecified atom stereocenters. The van der Waals surface area contributed by atoms with Gasteiger partial charge in [-0.15, -0.1) is 4.83 Å². The van der Waals surface area contributed by atoms with Gasteiger partial charge in [0.15, 0.2) is 12.4 Å². The largest absolute Gasteiger partial charge is 0.484 e. The average Bonchev–Trinajstić information content (AvgIpc) is 2.59. The van der Waals surface area contributed by atoms with Crippen molar-refractivity contribution in [3.8, 4) is 5.75 Å². The van der Waals surface area contributed by atoms with Crippen molar-refractivity contribution in [2.75, 3.05) is 6.61 Å². The summed E-state index contributed by atoms with van der Waals surface area (Å²) in [6, 6.07) is 10.4. The molecule has 0 spiro atoms. The number of benzene rings is 2. The van der Waals surface area contributed by atoms with Gasteiger partial charge in [-0.1, -0.05) is 12.1 Å². The van der Waals surface area contributed by atoms with E-state index >= 15 is 0 Å². The first-order chi connectivity index (χ1) is 11.8. The van der Waals surface area contributed by atoms with Gasteiger partial charge < -0.3 is 4.74 Å². The smallest absolute Gasteiger partial charge is 0.272 e. The Hall–Kier alpha value is -2.78.